The van der Waals surface area contributed by atoms with Crippen molar-refractivity contribution < 1.29 is 0 Å². The minimum absolute atomic E-state index is 1.08. The zero-order chi connectivity index (χ0) is 34.3. The Balaban J connectivity index is 1.18. The van der Waals surface area contributed by atoms with Crippen molar-refractivity contribution in [2.24, 2.45) is 0 Å². The van der Waals surface area contributed by atoms with Crippen LogP contribution in [0.4, 0.5) is 17.1 Å². The van der Waals surface area contributed by atoms with Crippen LogP contribution in [0.2, 0.25) is 0 Å². The van der Waals surface area contributed by atoms with E-state index < -0.39 is 0 Å². The van der Waals surface area contributed by atoms with E-state index in [4.69, 9.17) is 0 Å². The lowest BCUT2D eigenvalue weighted by Gasteiger charge is -2.27. The summed E-state index contributed by atoms with van der Waals surface area (Å²) >= 11 is 0. The van der Waals surface area contributed by atoms with Crippen molar-refractivity contribution in [3.05, 3.63) is 200 Å². The molecular weight excluding hydrogens is 615 g/mol. The van der Waals surface area contributed by atoms with Crippen molar-refractivity contribution >= 4 is 72.3 Å². The first-order chi connectivity index (χ1) is 25.2. The predicted molar refractivity (Wildman–Crippen MR) is 222 cm³/mol. The molecular formula is C50H35N. The summed E-state index contributed by atoms with van der Waals surface area (Å²) in [6.07, 6.45) is 3.86. The van der Waals surface area contributed by atoms with Crippen molar-refractivity contribution in [2.75, 3.05) is 4.90 Å². The molecule has 0 amide bonds. The molecule has 1 nitrogen and oxygen atoms in total. The third kappa shape index (κ3) is 5.19. The van der Waals surface area contributed by atoms with E-state index in [-0.39, 0.29) is 0 Å². The van der Waals surface area contributed by atoms with Crippen LogP contribution < -0.4 is 4.90 Å². The van der Waals surface area contributed by atoms with Crippen LogP contribution in [0.15, 0.2) is 189 Å². The molecule has 0 aliphatic carbocycles. The molecule has 0 spiro atoms. The molecule has 0 fully saturated rings. The van der Waals surface area contributed by atoms with Crippen molar-refractivity contribution in [3.8, 4) is 22.3 Å². The first kappa shape index (κ1) is 30.4. The maximum absolute atomic E-state index is 4.11. The van der Waals surface area contributed by atoms with Gasteiger partial charge in [-0.15, -0.1) is 0 Å². The molecule has 51 heavy (non-hydrogen) atoms. The molecule has 0 aromatic heterocycles. The maximum Gasteiger partial charge on any atom is 0.0540 e. The maximum atomic E-state index is 4.11. The van der Waals surface area contributed by atoms with E-state index in [1.807, 2.05) is 12.2 Å². The molecule has 0 unspecified atom stereocenters. The molecule has 0 atom stereocenters. The van der Waals surface area contributed by atoms with Gasteiger partial charge in [-0.3, -0.25) is 0 Å². The van der Waals surface area contributed by atoms with Gasteiger partial charge in [-0.1, -0.05) is 159 Å². The van der Waals surface area contributed by atoms with Crippen LogP contribution in [-0.2, 0) is 0 Å². The highest BCUT2D eigenvalue weighted by Gasteiger charge is 2.17. The third-order valence-electron chi connectivity index (χ3n) is 10.2. The summed E-state index contributed by atoms with van der Waals surface area (Å²) in [5, 5.41) is 9.87. The number of nitrogens with zero attached hydrogens (tertiary/aromatic N) is 1. The predicted octanol–water partition coefficient (Wildman–Crippen LogP) is 14.4. The molecule has 9 aromatic carbocycles. The summed E-state index contributed by atoms with van der Waals surface area (Å²) in [4.78, 5) is 2.38. The molecule has 0 radical (unpaired) electrons. The van der Waals surface area contributed by atoms with Gasteiger partial charge in [-0.25, -0.2) is 0 Å². The van der Waals surface area contributed by atoms with Crippen LogP contribution in [-0.4, -0.2) is 0 Å². The van der Waals surface area contributed by atoms with E-state index in [1.165, 1.54) is 59.8 Å². The highest BCUT2D eigenvalue weighted by atomic mass is 15.1. The van der Waals surface area contributed by atoms with Crippen LogP contribution in [0.25, 0.3) is 77.5 Å². The number of fused-ring (bicyclic) bond motifs is 5. The second kappa shape index (κ2) is 12.6. The lowest BCUT2D eigenvalue weighted by atomic mass is 9.91. The molecule has 0 N–H and O–H groups in total. The highest BCUT2D eigenvalue weighted by Crippen LogP contribution is 2.42. The van der Waals surface area contributed by atoms with Crippen LogP contribution in [0, 0.1) is 0 Å². The smallest absolute Gasteiger partial charge is 0.0540 e. The topological polar surface area (TPSA) is 3.24 Å². The van der Waals surface area contributed by atoms with E-state index in [9.17, 15) is 0 Å². The third-order valence-corrected chi connectivity index (χ3v) is 10.2. The number of hydrogen-bond acceptors (Lipinski definition) is 1. The fourth-order valence-electron chi connectivity index (χ4n) is 7.76. The zero-order valence-electron chi connectivity index (χ0n) is 28.3. The van der Waals surface area contributed by atoms with Crippen LogP contribution in [0.5, 0.6) is 0 Å². The Morgan fingerprint density at radius 2 is 0.863 bits per heavy atom. The highest BCUT2D eigenvalue weighted by molar-refractivity contribution is 6.14. The second-order valence-electron chi connectivity index (χ2n) is 13.0. The average Bonchev–Trinajstić information content (AvgIpc) is 3.20. The molecule has 9 aromatic rings. The lowest BCUT2D eigenvalue weighted by molar-refractivity contribution is 1.30. The van der Waals surface area contributed by atoms with Crippen LogP contribution >= 0.6 is 0 Å². The Morgan fingerprint density at radius 1 is 0.373 bits per heavy atom. The standard InChI is InChI=1S/C50H35N/c1-3-34-32-48(46-21-11-9-19-44(46)41(34)4-2)36-24-28-39(29-25-36)51(50-23-13-16-35-14-5-8-18-43(35)50)40-30-26-37(27-31-40)49-33-38-15-6-7-17-42(38)45-20-10-12-22-47(45)49/h3-33H,1-2H2. The van der Waals surface area contributed by atoms with Gasteiger partial charge in [-0.05, 0) is 114 Å². The van der Waals surface area contributed by atoms with Gasteiger partial charge in [0.05, 0.1) is 5.69 Å². The summed E-state index contributed by atoms with van der Waals surface area (Å²) in [5.41, 5.74) is 10.3. The molecule has 0 saturated carbocycles. The van der Waals surface area contributed by atoms with Gasteiger partial charge in [-0.2, -0.15) is 0 Å². The first-order valence-electron chi connectivity index (χ1n) is 17.4. The fraction of sp³-hybridized carbons (Fsp3) is 0. The Morgan fingerprint density at radius 3 is 1.49 bits per heavy atom. The number of rotatable bonds is 7. The van der Waals surface area contributed by atoms with Crippen molar-refractivity contribution in [3.63, 3.8) is 0 Å². The van der Waals surface area contributed by atoms with E-state index in [2.05, 4.69) is 194 Å². The molecule has 0 aliphatic rings. The summed E-state index contributed by atoms with van der Waals surface area (Å²) in [6, 6.07) is 63.7. The van der Waals surface area contributed by atoms with Crippen LogP contribution in [0.1, 0.15) is 11.1 Å². The molecule has 9 rings (SSSR count). The Kier molecular flexibility index (Phi) is 7.52. The van der Waals surface area contributed by atoms with E-state index in [0.29, 0.717) is 0 Å². The molecule has 240 valence electrons. The molecule has 0 aliphatic heterocycles. The Hall–Kier alpha value is -6.70. The van der Waals surface area contributed by atoms with Crippen molar-refractivity contribution in [2.45, 2.75) is 0 Å². The summed E-state index contributed by atoms with van der Waals surface area (Å²) < 4.78 is 0. The Labute approximate surface area is 298 Å². The average molecular weight is 650 g/mol. The molecule has 0 bridgehead atoms. The van der Waals surface area contributed by atoms with Gasteiger partial charge in [0, 0.05) is 16.8 Å². The van der Waals surface area contributed by atoms with Crippen molar-refractivity contribution in [1.29, 1.82) is 0 Å². The minimum atomic E-state index is 1.08. The lowest BCUT2D eigenvalue weighted by Crippen LogP contribution is -2.10. The summed E-state index contributed by atoms with van der Waals surface area (Å²) in [5.74, 6) is 0. The molecule has 0 heterocycles. The van der Waals surface area contributed by atoms with Gasteiger partial charge in [0.25, 0.3) is 0 Å². The van der Waals surface area contributed by atoms with Gasteiger partial charge in [0.1, 0.15) is 0 Å². The van der Waals surface area contributed by atoms with Gasteiger partial charge < -0.3 is 4.90 Å². The van der Waals surface area contributed by atoms with E-state index >= 15 is 0 Å². The minimum Gasteiger partial charge on any atom is -0.310 e. The van der Waals surface area contributed by atoms with Gasteiger partial charge in [0.2, 0.25) is 0 Å². The fourth-order valence-corrected chi connectivity index (χ4v) is 7.76. The van der Waals surface area contributed by atoms with Gasteiger partial charge in [0.15, 0.2) is 0 Å². The van der Waals surface area contributed by atoms with E-state index in [0.717, 1.165) is 33.8 Å². The molecule has 0 saturated heterocycles. The normalized spacial score (nSPS) is 11.3. The quantitative estimate of drug-likeness (QED) is 0.155. The summed E-state index contributed by atoms with van der Waals surface area (Å²) in [6.45, 7) is 8.21. The monoisotopic (exact) mass is 649 g/mol. The number of anilines is 3. The van der Waals surface area contributed by atoms with Crippen molar-refractivity contribution in [1.82, 2.24) is 0 Å². The van der Waals surface area contributed by atoms with E-state index in [1.54, 1.807) is 0 Å². The first-order valence-corrected chi connectivity index (χ1v) is 17.4. The van der Waals surface area contributed by atoms with Gasteiger partial charge >= 0.3 is 0 Å². The zero-order valence-corrected chi connectivity index (χ0v) is 28.3. The largest absolute Gasteiger partial charge is 0.310 e. The van der Waals surface area contributed by atoms with Crippen LogP contribution in [0.3, 0.4) is 0 Å². The number of benzene rings is 9. The Bertz CT molecular complexity index is 2760. The SMILES string of the molecule is C=Cc1cc(-c2ccc(N(c3ccc(-c4cc5ccccc5c5ccccc45)cc3)c3cccc4ccccc34)cc2)c2ccccc2c1C=C. The second-order valence-corrected chi connectivity index (χ2v) is 13.0. The summed E-state index contributed by atoms with van der Waals surface area (Å²) in [7, 11) is 0. The molecule has 1 heteroatoms. The number of hydrogen-bond donors (Lipinski definition) is 0.